The molecule has 13 heavy (non-hydrogen) atoms. The molecule has 0 unspecified atom stereocenters. The Kier molecular flexibility index (Phi) is 4.88. The Morgan fingerprint density at radius 1 is 1.38 bits per heavy atom. The van der Waals surface area contributed by atoms with Crippen molar-refractivity contribution in [1.82, 2.24) is 5.32 Å². The largest absolute Gasteiger partial charge is 0.392 e. The van der Waals surface area contributed by atoms with Crippen molar-refractivity contribution in [2.75, 3.05) is 6.54 Å². The minimum Gasteiger partial charge on any atom is -0.392 e. The smallest absolute Gasteiger partial charge is 0.0693 e. The Bertz CT molecular complexity index is 173. The Morgan fingerprint density at radius 3 is 2.85 bits per heavy atom. The van der Waals surface area contributed by atoms with Gasteiger partial charge in [0.15, 0.2) is 0 Å². The van der Waals surface area contributed by atoms with E-state index >= 15 is 0 Å². The lowest BCUT2D eigenvalue weighted by Gasteiger charge is -2.15. The number of unbranched alkanes of at least 4 members (excludes halogenated alkanes) is 2. The summed E-state index contributed by atoms with van der Waals surface area (Å²) in [6, 6.07) is 0.339. The Labute approximate surface area is 80.7 Å². The van der Waals surface area contributed by atoms with Gasteiger partial charge in [-0.3, -0.25) is 0 Å². The number of hydrogen-bond donors (Lipinski definition) is 2. The van der Waals surface area contributed by atoms with Crippen LogP contribution in [0.4, 0.5) is 0 Å². The molecule has 1 fully saturated rings. The topological polar surface area (TPSA) is 32.3 Å². The van der Waals surface area contributed by atoms with Crippen molar-refractivity contribution in [3.8, 4) is 12.3 Å². The van der Waals surface area contributed by atoms with Gasteiger partial charge in [-0.15, -0.1) is 12.3 Å². The van der Waals surface area contributed by atoms with Crippen LogP contribution in [0.25, 0.3) is 0 Å². The third-order valence-electron chi connectivity index (χ3n) is 2.63. The second-order valence-electron chi connectivity index (χ2n) is 3.72. The van der Waals surface area contributed by atoms with Gasteiger partial charge >= 0.3 is 0 Å². The maximum Gasteiger partial charge on any atom is 0.0693 e. The van der Waals surface area contributed by atoms with Crippen molar-refractivity contribution in [1.29, 1.82) is 0 Å². The van der Waals surface area contributed by atoms with Crippen LogP contribution in [0.1, 0.15) is 38.5 Å². The predicted molar refractivity (Wildman–Crippen MR) is 54.3 cm³/mol. The van der Waals surface area contributed by atoms with Gasteiger partial charge in [-0.2, -0.15) is 0 Å². The molecular formula is C11H19NO. The van der Waals surface area contributed by atoms with E-state index in [0.717, 1.165) is 45.1 Å². The highest BCUT2D eigenvalue weighted by Gasteiger charge is 2.23. The highest BCUT2D eigenvalue weighted by atomic mass is 16.3. The number of aliphatic hydroxyl groups is 1. The Morgan fingerprint density at radius 2 is 2.23 bits per heavy atom. The molecule has 1 rings (SSSR count). The van der Waals surface area contributed by atoms with Crippen molar-refractivity contribution in [2.45, 2.75) is 50.7 Å². The third-order valence-corrected chi connectivity index (χ3v) is 2.63. The van der Waals surface area contributed by atoms with Crippen LogP contribution in [0.3, 0.4) is 0 Å². The zero-order valence-electron chi connectivity index (χ0n) is 8.13. The van der Waals surface area contributed by atoms with E-state index in [-0.39, 0.29) is 6.10 Å². The quantitative estimate of drug-likeness (QED) is 0.495. The molecule has 1 aliphatic rings. The van der Waals surface area contributed by atoms with Gasteiger partial charge in [0.25, 0.3) is 0 Å². The summed E-state index contributed by atoms with van der Waals surface area (Å²) in [5.41, 5.74) is 0. The molecule has 0 aliphatic heterocycles. The first-order valence-corrected chi connectivity index (χ1v) is 5.19. The molecule has 0 aromatic heterocycles. The van der Waals surface area contributed by atoms with Gasteiger partial charge in [-0.05, 0) is 38.6 Å². The van der Waals surface area contributed by atoms with Crippen molar-refractivity contribution < 1.29 is 5.11 Å². The molecule has 74 valence electrons. The molecule has 0 saturated heterocycles. The minimum atomic E-state index is -0.118. The van der Waals surface area contributed by atoms with E-state index in [4.69, 9.17) is 6.42 Å². The van der Waals surface area contributed by atoms with E-state index in [9.17, 15) is 5.11 Å². The Balaban J connectivity index is 1.96. The maximum atomic E-state index is 9.50. The zero-order valence-corrected chi connectivity index (χ0v) is 8.13. The van der Waals surface area contributed by atoms with Crippen LogP contribution in [-0.4, -0.2) is 23.8 Å². The van der Waals surface area contributed by atoms with E-state index < -0.39 is 0 Å². The van der Waals surface area contributed by atoms with Crippen molar-refractivity contribution >= 4 is 0 Å². The normalized spacial score (nSPS) is 27.4. The predicted octanol–water partition coefficient (Wildman–Crippen LogP) is 1.29. The fraction of sp³-hybridized carbons (Fsp3) is 0.818. The highest BCUT2D eigenvalue weighted by Crippen LogP contribution is 2.18. The molecule has 2 N–H and O–H groups in total. The van der Waals surface area contributed by atoms with Gasteiger partial charge < -0.3 is 10.4 Å². The molecule has 2 nitrogen and oxygen atoms in total. The van der Waals surface area contributed by atoms with Crippen molar-refractivity contribution in [3.05, 3.63) is 0 Å². The number of hydrogen-bond acceptors (Lipinski definition) is 2. The average Bonchev–Trinajstić information content (AvgIpc) is 2.52. The average molecular weight is 181 g/mol. The van der Waals surface area contributed by atoms with Gasteiger partial charge in [-0.1, -0.05) is 0 Å². The lowest BCUT2D eigenvalue weighted by Crippen LogP contribution is -2.36. The molecule has 0 heterocycles. The van der Waals surface area contributed by atoms with Gasteiger partial charge in [0.1, 0.15) is 0 Å². The summed E-state index contributed by atoms with van der Waals surface area (Å²) >= 11 is 0. The lowest BCUT2D eigenvalue weighted by molar-refractivity contribution is 0.149. The van der Waals surface area contributed by atoms with E-state index in [1.54, 1.807) is 0 Å². The van der Waals surface area contributed by atoms with Gasteiger partial charge in [0.2, 0.25) is 0 Å². The molecule has 0 radical (unpaired) electrons. The lowest BCUT2D eigenvalue weighted by atomic mass is 10.2. The van der Waals surface area contributed by atoms with Crippen LogP contribution in [-0.2, 0) is 0 Å². The van der Waals surface area contributed by atoms with Crippen molar-refractivity contribution in [2.24, 2.45) is 0 Å². The summed E-state index contributed by atoms with van der Waals surface area (Å²) in [7, 11) is 0. The van der Waals surface area contributed by atoms with E-state index in [1.807, 2.05) is 0 Å². The van der Waals surface area contributed by atoms with Crippen LogP contribution < -0.4 is 5.32 Å². The standard InChI is InChI=1S/C11H19NO/c1-2-3-4-5-9-12-10-7-6-8-11(10)13/h1,10-13H,3-9H2/t10-,11-/m0/s1. The first-order valence-electron chi connectivity index (χ1n) is 5.19. The van der Waals surface area contributed by atoms with E-state index in [0.29, 0.717) is 6.04 Å². The zero-order chi connectivity index (χ0) is 9.52. The van der Waals surface area contributed by atoms with Gasteiger partial charge in [0.05, 0.1) is 6.10 Å². The highest BCUT2D eigenvalue weighted by molar-refractivity contribution is 4.84. The van der Waals surface area contributed by atoms with E-state index in [1.165, 1.54) is 0 Å². The second kappa shape index (κ2) is 6.01. The first kappa shape index (κ1) is 10.6. The summed E-state index contributed by atoms with van der Waals surface area (Å²) in [4.78, 5) is 0. The van der Waals surface area contributed by atoms with Crippen LogP contribution in [0.5, 0.6) is 0 Å². The summed E-state index contributed by atoms with van der Waals surface area (Å²) in [6.07, 6.45) is 11.3. The maximum absolute atomic E-state index is 9.50. The number of nitrogens with one attached hydrogen (secondary N) is 1. The van der Waals surface area contributed by atoms with Crippen LogP contribution in [0.15, 0.2) is 0 Å². The number of aliphatic hydroxyl groups excluding tert-OH is 1. The van der Waals surface area contributed by atoms with Crippen LogP contribution in [0.2, 0.25) is 0 Å². The molecule has 0 spiro atoms. The van der Waals surface area contributed by atoms with Gasteiger partial charge in [-0.25, -0.2) is 0 Å². The SMILES string of the molecule is C#CCCCCN[C@H]1CCC[C@@H]1O. The monoisotopic (exact) mass is 181 g/mol. The number of terminal acetylenes is 1. The molecule has 0 aromatic carbocycles. The molecule has 0 bridgehead atoms. The third kappa shape index (κ3) is 3.80. The molecule has 0 aromatic rings. The van der Waals surface area contributed by atoms with E-state index in [2.05, 4.69) is 11.2 Å². The van der Waals surface area contributed by atoms with Crippen molar-refractivity contribution in [3.63, 3.8) is 0 Å². The molecular weight excluding hydrogens is 162 g/mol. The molecule has 1 aliphatic carbocycles. The molecule has 2 atom stereocenters. The first-order chi connectivity index (χ1) is 6.34. The fourth-order valence-corrected chi connectivity index (χ4v) is 1.82. The summed E-state index contributed by atoms with van der Waals surface area (Å²) < 4.78 is 0. The van der Waals surface area contributed by atoms with Gasteiger partial charge in [0, 0.05) is 12.5 Å². The molecule has 2 heteroatoms. The summed E-state index contributed by atoms with van der Waals surface area (Å²) in [5.74, 6) is 2.63. The molecule has 0 amide bonds. The summed E-state index contributed by atoms with van der Waals surface area (Å²) in [6.45, 7) is 0.989. The van der Waals surface area contributed by atoms with Crippen LogP contribution >= 0.6 is 0 Å². The van der Waals surface area contributed by atoms with Crippen LogP contribution in [0, 0.1) is 12.3 Å². The number of rotatable bonds is 5. The summed E-state index contributed by atoms with van der Waals surface area (Å²) in [5, 5.41) is 12.9. The molecule has 1 saturated carbocycles. The Hall–Kier alpha value is -0.520. The fourth-order valence-electron chi connectivity index (χ4n) is 1.82. The second-order valence-corrected chi connectivity index (χ2v) is 3.72. The minimum absolute atomic E-state index is 0.118.